The minimum Gasteiger partial charge on any atom is -0.354 e. The zero-order chi connectivity index (χ0) is 22.7. The third-order valence-electron chi connectivity index (χ3n) is 5.88. The van der Waals surface area contributed by atoms with Gasteiger partial charge >= 0.3 is 0 Å². The lowest BCUT2D eigenvalue weighted by Gasteiger charge is -2.27. The number of hydrogen-bond donors (Lipinski definition) is 0. The van der Waals surface area contributed by atoms with E-state index in [-0.39, 0.29) is 5.91 Å². The number of anilines is 1. The number of carbonyl (C=O) groups is 1. The molecule has 4 rings (SSSR count). The summed E-state index contributed by atoms with van der Waals surface area (Å²) in [4.78, 5) is 27.2. The molecule has 1 saturated heterocycles. The summed E-state index contributed by atoms with van der Waals surface area (Å²) in [7, 11) is 0. The molecular weight excluding hydrogens is 464 g/mol. The summed E-state index contributed by atoms with van der Waals surface area (Å²) < 4.78 is 0.922. The SMILES string of the molecule is Cc1nc(-c2ccccc2)nc(N2CCCN(C(=O)c3cccc(Br)c3)CC2)c1C(C)C. The first kappa shape index (κ1) is 22.5. The lowest BCUT2D eigenvalue weighted by Crippen LogP contribution is -2.35. The van der Waals surface area contributed by atoms with E-state index in [1.165, 1.54) is 5.56 Å². The van der Waals surface area contributed by atoms with Crippen LogP contribution >= 0.6 is 15.9 Å². The van der Waals surface area contributed by atoms with Crippen molar-refractivity contribution in [3.63, 3.8) is 0 Å². The van der Waals surface area contributed by atoms with E-state index in [0.29, 0.717) is 12.5 Å². The first-order chi connectivity index (χ1) is 15.4. The largest absolute Gasteiger partial charge is 0.354 e. The zero-order valence-electron chi connectivity index (χ0n) is 18.9. The Morgan fingerprint density at radius 2 is 1.75 bits per heavy atom. The van der Waals surface area contributed by atoms with Crippen molar-refractivity contribution in [1.82, 2.24) is 14.9 Å². The summed E-state index contributed by atoms with van der Waals surface area (Å²) in [6, 6.07) is 17.8. The number of carbonyl (C=O) groups excluding carboxylic acids is 1. The Labute approximate surface area is 198 Å². The highest BCUT2D eigenvalue weighted by molar-refractivity contribution is 9.10. The van der Waals surface area contributed by atoms with Gasteiger partial charge in [0.15, 0.2) is 5.82 Å². The van der Waals surface area contributed by atoms with Crippen LogP contribution in [0, 0.1) is 6.92 Å². The highest BCUT2D eigenvalue weighted by Crippen LogP contribution is 2.31. The van der Waals surface area contributed by atoms with Gasteiger partial charge in [0.2, 0.25) is 0 Å². The lowest BCUT2D eigenvalue weighted by molar-refractivity contribution is 0.0767. The van der Waals surface area contributed by atoms with Crippen molar-refractivity contribution in [2.45, 2.75) is 33.1 Å². The molecule has 0 saturated carbocycles. The van der Waals surface area contributed by atoms with Crippen molar-refractivity contribution in [2.75, 3.05) is 31.1 Å². The second-order valence-electron chi connectivity index (χ2n) is 8.53. The molecule has 0 N–H and O–H groups in total. The quantitative estimate of drug-likeness (QED) is 0.469. The second-order valence-corrected chi connectivity index (χ2v) is 9.45. The van der Waals surface area contributed by atoms with Gasteiger partial charge in [0.25, 0.3) is 5.91 Å². The van der Waals surface area contributed by atoms with E-state index in [1.54, 1.807) is 0 Å². The molecule has 0 aliphatic carbocycles. The van der Waals surface area contributed by atoms with Crippen molar-refractivity contribution in [3.8, 4) is 11.4 Å². The maximum absolute atomic E-state index is 13.1. The van der Waals surface area contributed by atoms with Gasteiger partial charge in [-0.05, 0) is 37.5 Å². The third kappa shape index (κ3) is 4.85. The van der Waals surface area contributed by atoms with E-state index in [1.807, 2.05) is 47.4 Å². The maximum atomic E-state index is 13.1. The van der Waals surface area contributed by atoms with Gasteiger partial charge in [0.1, 0.15) is 5.82 Å². The Kier molecular flexibility index (Phi) is 6.89. The molecule has 0 atom stereocenters. The minimum atomic E-state index is 0.0843. The first-order valence-electron chi connectivity index (χ1n) is 11.2. The highest BCUT2D eigenvalue weighted by atomic mass is 79.9. The molecule has 1 fully saturated rings. The monoisotopic (exact) mass is 492 g/mol. The number of hydrogen-bond acceptors (Lipinski definition) is 4. The van der Waals surface area contributed by atoms with Crippen LogP contribution in [0.25, 0.3) is 11.4 Å². The summed E-state index contributed by atoms with van der Waals surface area (Å²) in [5, 5.41) is 0. The van der Waals surface area contributed by atoms with Gasteiger partial charge in [-0.15, -0.1) is 0 Å². The first-order valence-corrected chi connectivity index (χ1v) is 12.0. The minimum absolute atomic E-state index is 0.0843. The van der Waals surface area contributed by atoms with Crippen molar-refractivity contribution in [2.24, 2.45) is 0 Å². The Bertz CT molecular complexity index is 1100. The third-order valence-corrected chi connectivity index (χ3v) is 6.37. The predicted octanol–water partition coefficient (Wildman–Crippen LogP) is 5.69. The molecule has 0 unspecified atom stereocenters. The fraction of sp³-hybridized carbons (Fsp3) is 0.346. The van der Waals surface area contributed by atoms with Crippen LogP contribution in [-0.2, 0) is 0 Å². The van der Waals surface area contributed by atoms with E-state index in [9.17, 15) is 4.79 Å². The number of amides is 1. The molecular formula is C26H29BrN4O. The number of halogens is 1. The van der Waals surface area contributed by atoms with E-state index in [0.717, 1.165) is 59.0 Å². The van der Waals surface area contributed by atoms with Crippen LogP contribution in [-0.4, -0.2) is 47.0 Å². The predicted molar refractivity (Wildman–Crippen MR) is 133 cm³/mol. The summed E-state index contributed by atoms with van der Waals surface area (Å²) in [5.41, 5.74) is 3.96. The molecule has 1 amide bonds. The Morgan fingerprint density at radius 1 is 0.969 bits per heavy atom. The van der Waals surface area contributed by atoms with Crippen LogP contribution in [0.4, 0.5) is 5.82 Å². The highest BCUT2D eigenvalue weighted by Gasteiger charge is 2.25. The van der Waals surface area contributed by atoms with Crippen LogP contribution in [0.1, 0.15) is 47.8 Å². The molecule has 5 nitrogen and oxygen atoms in total. The smallest absolute Gasteiger partial charge is 0.253 e. The fourth-order valence-corrected chi connectivity index (χ4v) is 4.74. The molecule has 166 valence electrons. The average molecular weight is 493 g/mol. The van der Waals surface area contributed by atoms with Crippen LogP contribution < -0.4 is 4.90 Å². The number of nitrogens with zero attached hydrogens (tertiary/aromatic N) is 4. The standard InChI is InChI=1S/C26H29BrN4O/c1-18(2)23-19(3)28-24(20-9-5-4-6-10-20)29-25(23)30-13-8-14-31(16-15-30)26(32)21-11-7-12-22(27)17-21/h4-7,9-12,17-18H,8,13-16H2,1-3H3. The van der Waals surface area contributed by atoms with Crippen LogP contribution in [0.3, 0.4) is 0 Å². The van der Waals surface area contributed by atoms with E-state index >= 15 is 0 Å². The van der Waals surface area contributed by atoms with Gasteiger partial charge in [-0.1, -0.05) is 66.2 Å². The summed E-state index contributed by atoms with van der Waals surface area (Å²) in [6.07, 6.45) is 0.904. The number of aromatic nitrogens is 2. The molecule has 0 spiro atoms. The van der Waals surface area contributed by atoms with E-state index in [4.69, 9.17) is 9.97 Å². The van der Waals surface area contributed by atoms with Crippen molar-refractivity contribution >= 4 is 27.7 Å². The summed E-state index contributed by atoms with van der Waals surface area (Å²) >= 11 is 3.47. The number of benzene rings is 2. The topological polar surface area (TPSA) is 49.3 Å². The molecule has 1 aliphatic heterocycles. The second kappa shape index (κ2) is 9.82. The van der Waals surface area contributed by atoms with E-state index < -0.39 is 0 Å². The van der Waals surface area contributed by atoms with Crippen molar-refractivity contribution < 1.29 is 4.79 Å². The molecule has 3 aromatic rings. The summed E-state index contributed by atoms with van der Waals surface area (Å²) in [5.74, 6) is 2.16. The molecule has 2 heterocycles. The van der Waals surface area contributed by atoms with Crippen LogP contribution in [0.2, 0.25) is 0 Å². The van der Waals surface area contributed by atoms with Crippen LogP contribution in [0.5, 0.6) is 0 Å². The normalized spacial score (nSPS) is 14.5. The van der Waals surface area contributed by atoms with Gasteiger partial charge in [-0.2, -0.15) is 0 Å². The molecule has 32 heavy (non-hydrogen) atoms. The van der Waals surface area contributed by atoms with Gasteiger partial charge < -0.3 is 9.80 Å². The van der Waals surface area contributed by atoms with Gasteiger partial charge in [0.05, 0.1) is 0 Å². The number of aryl methyl sites for hydroxylation is 1. The molecule has 1 aromatic heterocycles. The summed E-state index contributed by atoms with van der Waals surface area (Å²) in [6.45, 7) is 9.50. The Balaban J connectivity index is 1.62. The van der Waals surface area contributed by atoms with Gasteiger partial charge in [0, 0.05) is 53.0 Å². The molecule has 2 aromatic carbocycles. The molecule has 6 heteroatoms. The van der Waals surface area contributed by atoms with Crippen LogP contribution in [0.15, 0.2) is 59.1 Å². The average Bonchev–Trinajstić information content (AvgIpc) is 3.04. The Morgan fingerprint density at radius 3 is 2.47 bits per heavy atom. The van der Waals surface area contributed by atoms with Gasteiger partial charge in [-0.3, -0.25) is 4.79 Å². The Hall–Kier alpha value is -2.73. The molecule has 1 aliphatic rings. The fourth-order valence-electron chi connectivity index (χ4n) is 4.34. The lowest BCUT2D eigenvalue weighted by atomic mass is 10.0. The molecule has 0 radical (unpaired) electrons. The zero-order valence-corrected chi connectivity index (χ0v) is 20.5. The molecule has 0 bridgehead atoms. The van der Waals surface area contributed by atoms with E-state index in [2.05, 4.69) is 53.7 Å². The van der Waals surface area contributed by atoms with Gasteiger partial charge in [-0.25, -0.2) is 9.97 Å². The van der Waals surface area contributed by atoms with Crippen molar-refractivity contribution in [3.05, 3.63) is 75.9 Å². The number of rotatable bonds is 4. The van der Waals surface area contributed by atoms with Crippen molar-refractivity contribution in [1.29, 1.82) is 0 Å². The maximum Gasteiger partial charge on any atom is 0.253 e.